The van der Waals surface area contributed by atoms with Gasteiger partial charge in [0.05, 0.1) is 0 Å². The maximum absolute atomic E-state index is 5.19. The molecule has 9 heavy (non-hydrogen) atoms. The Kier molecular flexibility index (Phi) is 15.5. The Morgan fingerprint density at radius 1 is 1.22 bits per heavy atom. The zero-order valence-corrected chi connectivity index (χ0v) is 8.57. The third kappa shape index (κ3) is 8.58. The maximum atomic E-state index is 5.19. The first-order valence-corrected chi connectivity index (χ1v) is 2.37. The quantitative estimate of drug-likeness (QED) is 0.451. The van der Waals surface area contributed by atoms with Crippen molar-refractivity contribution in [3.63, 3.8) is 0 Å². The van der Waals surface area contributed by atoms with Gasteiger partial charge in [0.15, 0.2) is 0 Å². The van der Waals surface area contributed by atoms with Crippen molar-refractivity contribution in [1.82, 2.24) is 0 Å². The Bertz CT molecular complexity index is 97.1. The molecule has 0 aliphatic heterocycles. The molecule has 0 atom stereocenters. The van der Waals surface area contributed by atoms with Gasteiger partial charge in [-0.1, -0.05) is 21.3 Å². The van der Waals surface area contributed by atoms with Crippen LogP contribution in [0.5, 0.6) is 0 Å². The molecule has 0 saturated carbocycles. The van der Waals surface area contributed by atoms with E-state index in [0.29, 0.717) is 0 Å². The zero-order valence-electron chi connectivity index (χ0n) is 5.73. The minimum Gasteiger partial charge on any atom is -0.293 e. The molecule has 0 fully saturated rings. The van der Waals surface area contributed by atoms with Crippen molar-refractivity contribution in [2.45, 2.75) is 28.2 Å². The van der Waals surface area contributed by atoms with Crippen molar-refractivity contribution in [2.75, 3.05) is 0 Å². The number of hydrogen-bond acceptors (Lipinski definition) is 0. The van der Waals surface area contributed by atoms with E-state index in [1.165, 1.54) is 11.1 Å². The Morgan fingerprint density at radius 3 is 1.56 bits per heavy atom. The predicted octanol–water partition coefficient (Wildman–Crippen LogP) is 2.97. The van der Waals surface area contributed by atoms with Crippen LogP contribution in [-0.4, -0.2) is 0 Å². The second-order valence-electron chi connectivity index (χ2n) is 1.85. The van der Waals surface area contributed by atoms with Gasteiger partial charge >= 0.3 is 0 Å². The third-order valence-electron chi connectivity index (χ3n) is 1.04. The molecule has 0 aliphatic rings. The van der Waals surface area contributed by atoms with Crippen molar-refractivity contribution in [3.05, 3.63) is 23.8 Å². The van der Waals surface area contributed by atoms with Crippen LogP contribution in [-0.2, 0) is 32.7 Å². The van der Waals surface area contributed by atoms with E-state index in [9.17, 15) is 0 Å². The van der Waals surface area contributed by atoms with Gasteiger partial charge in [0.2, 0.25) is 0 Å². The summed E-state index contributed by atoms with van der Waals surface area (Å²) in [6, 6.07) is 0. The fourth-order valence-corrected chi connectivity index (χ4v) is 0.167. The second-order valence-corrected chi connectivity index (χ2v) is 1.85. The van der Waals surface area contributed by atoms with Crippen molar-refractivity contribution >= 4 is 0 Å². The Balaban J connectivity index is -0.000000180. The van der Waals surface area contributed by atoms with Gasteiger partial charge in [-0.25, -0.2) is 11.6 Å². The molecule has 51 valence electrons. The molecule has 0 aliphatic carbocycles. The molecule has 0 rings (SSSR count). The van der Waals surface area contributed by atoms with Crippen LogP contribution in [0.1, 0.15) is 28.2 Å². The van der Waals surface area contributed by atoms with Crippen LogP contribution in [0, 0.1) is 6.58 Å². The second kappa shape index (κ2) is 8.58. The van der Waals surface area contributed by atoms with E-state index >= 15 is 0 Å². The van der Waals surface area contributed by atoms with Crippen molar-refractivity contribution in [2.24, 2.45) is 0 Å². The van der Waals surface area contributed by atoms with E-state index < -0.39 is 0 Å². The molecule has 0 N–H and O–H groups in total. The first-order chi connectivity index (χ1) is 3.18. The van der Waals surface area contributed by atoms with Crippen LogP contribution in [0.2, 0.25) is 0 Å². The molecule has 0 spiro atoms. The van der Waals surface area contributed by atoms with Crippen LogP contribution in [0.15, 0.2) is 17.2 Å². The van der Waals surface area contributed by atoms with Crippen molar-refractivity contribution < 1.29 is 32.7 Å². The molecule has 0 nitrogen and oxygen atoms in total. The molecule has 0 aromatic rings. The molecular weight excluding hydrogens is 185 g/mol. The molecule has 0 aromatic carbocycles. The van der Waals surface area contributed by atoms with Gasteiger partial charge in [0.1, 0.15) is 0 Å². The monoisotopic (exact) mass is 200 g/mol. The van der Waals surface area contributed by atoms with Gasteiger partial charge < -0.3 is 0 Å². The van der Waals surface area contributed by atoms with Crippen LogP contribution in [0.3, 0.4) is 0 Å². The van der Waals surface area contributed by atoms with Crippen molar-refractivity contribution in [3.8, 4) is 0 Å². The standard InChI is InChI=1S/C7H11.CH4.Y/c1-5-7(4)6(2)3;;/h1,5H,2-4H3;1H4;/q-1;;. The average Bonchev–Trinajstić information content (AvgIpc) is 1.65. The minimum atomic E-state index is 0. The van der Waals surface area contributed by atoms with E-state index in [-0.39, 0.29) is 40.1 Å². The topological polar surface area (TPSA) is 0 Å². The number of allylic oxidation sites excluding steroid dienone is 3. The molecule has 0 amide bonds. The molecule has 0 bridgehead atoms. The average molecular weight is 200 g/mol. The number of rotatable bonds is 1. The predicted molar refractivity (Wildman–Crippen MR) is 39.6 cm³/mol. The van der Waals surface area contributed by atoms with Gasteiger partial charge in [-0.3, -0.25) is 6.58 Å². The first kappa shape index (κ1) is 16.3. The van der Waals surface area contributed by atoms with Crippen LogP contribution >= 0.6 is 0 Å². The molecular formula is C8H15Y-. The molecule has 0 heterocycles. The van der Waals surface area contributed by atoms with Crippen LogP contribution in [0.4, 0.5) is 0 Å². The first-order valence-electron chi connectivity index (χ1n) is 2.37. The molecule has 1 heteroatoms. The minimum absolute atomic E-state index is 0. The summed E-state index contributed by atoms with van der Waals surface area (Å²) in [6.45, 7) is 11.3. The zero-order chi connectivity index (χ0) is 5.86. The SMILES string of the molecule is C.[CH-]=CC(C)=C(C)C.[Y]. The maximum Gasteiger partial charge on any atom is 0 e. The van der Waals surface area contributed by atoms with Crippen molar-refractivity contribution in [1.29, 1.82) is 0 Å². The summed E-state index contributed by atoms with van der Waals surface area (Å²) < 4.78 is 0. The summed E-state index contributed by atoms with van der Waals surface area (Å²) >= 11 is 0. The fourth-order valence-electron chi connectivity index (χ4n) is 0.167. The summed E-state index contributed by atoms with van der Waals surface area (Å²) in [5.41, 5.74) is 2.45. The summed E-state index contributed by atoms with van der Waals surface area (Å²) in [5, 5.41) is 0. The van der Waals surface area contributed by atoms with Gasteiger partial charge in [0, 0.05) is 32.7 Å². The molecule has 0 unspecified atom stereocenters. The van der Waals surface area contributed by atoms with E-state index in [4.69, 9.17) is 6.58 Å². The van der Waals surface area contributed by atoms with E-state index in [1.54, 1.807) is 6.08 Å². The summed E-state index contributed by atoms with van der Waals surface area (Å²) in [6.07, 6.45) is 1.62. The Morgan fingerprint density at radius 2 is 1.56 bits per heavy atom. The smallest absolute Gasteiger partial charge is 0 e. The molecule has 0 aromatic heterocycles. The van der Waals surface area contributed by atoms with E-state index in [0.717, 1.165) is 0 Å². The third-order valence-corrected chi connectivity index (χ3v) is 1.04. The van der Waals surface area contributed by atoms with Crippen LogP contribution in [0.25, 0.3) is 0 Å². The van der Waals surface area contributed by atoms with Crippen LogP contribution < -0.4 is 0 Å². The summed E-state index contributed by atoms with van der Waals surface area (Å²) in [7, 11) is 0. The Labute approximate surface area is 84.3 Å². The Hall–Kier alpha value is 0.584. The number of hydrogen-bond donors (Lipinski definition) is 0. The largest absolute Gasteiger partial charge is 0.293 e. The molecule has 1 radical (unpaired) electrons. The summed E-state index contributed by atoms with van der Waals surface area (Å²) in [5.74, 6) is 0. The van der Waals surface area contributed by atoms with Gasteiger partial charge in [-0.2, -0.15) is 5.57 Å². The molecule has 0 saturated heterocycles. The normalized spacial score (nSPS) is 6.11. The van der Waals surface area contributed by atoms with Gasteiger partial charge in [-0.15, -0.1) is 6.92 Å². The van der Waals surface area contributed by atoms with E-state index in [1.807, 2.05) is 20.8 Å². The van der Waals surface area contributed by atoms with Gasteiger partial charge in [0.25, 0.3) is 0 Å². The fraction of sp³-hybridized carbons (Fsp3) is 0.500. The summed E-state index contributed by atoms with van der Waals surface area (Å²) in [4.78, 5) is 0. The van der Waals surface area contributed by atoms with E-state index in [2.05, 4.69) is 0 Å². The van der Waals surface area contributed by atoms with Gasteiger partial charge in [-0.05, 0) is 0 Å².